The Morgan fingerprint density at radius 1 is 1.17 bits per heavy atom. The quantitative estimate of drug-likeness (QED) is 0.482. The number of benzene rings is 2. The van der Waals surface area contributed by atoms with E-state index in [0.29, 0.717) is 16.1 Å². The highest BCUT2D eigenvalue weighted by molar-refractivity contribution is 6.39. The molecule has 2 N–H and O–H groups in total. The molecule has 0 spiro atoms. The van der Waals surface area contributed by atoms with Crippen LogP contribution < -0.4 is 15.4 Å². The first-order valence-corrected chi connectivity index (χ1v) is 11.3. The van der Waals surface area contributed by atoms with Crippen LogP contribution >= 0.6 is 23.2 Å². The monoisotopic (exact) mass is 507 g/mol. The molecule has 4 rings (SSSR count). The summed E-state index contributed by atoms with van der Waals surface area (Å²) in [5.74, 6) is -2.17. The van der Waals surface area contributed by atoms with Crippen LogP contribution in [0.5, 0.6) is 5.75 Å². The molecule has 1 aliphatic carbocycles. The smallest absolute Gasteiger partial charge is 0.263 e. The van der Waals surface area contributed by atoms with E-state index in [-0.39, 0.29) is 33.6 Å². The number of primary amides is 1. The number of halogens is 3. The molecule has 1 aliphatic rings. The van der Waals surface area contributed by atoms with Gasteiger partial charge in [-0.05, 0) is 55.2 Å². The van der Waals surface area contributed by atoms with Gasteiger partial charge in [0.2, 0.25) is 5.91 Å². The normalized spacial score (nSPS) is 13.4. The van der Waals surface area contributed by atoms with Gasteiger partial charge in [0.1, 0.15) is 21.5 Å². The number of rotatable bonds is 7. The number of hydrogen-bond donors (Lipinski definition) is 1. The summed E-state index contributed by atoms with van der Waals surface area (Å²) < 4.78 is 20.4. The van der Waals surface area contributed by atoms with Crippen molar-refractivity contribution in [3.05, 3.63) is 75.7 Å². The van der Waals surface area contributed by atoms with Gasteiger partial charge in [-0.2, -0.15) is 0 Å². The average molecular weight is 508 g/mol. The number of amides is 2. The first-order chi connectivity index (χ1) is 16.5. The summed E-state index contributed by atoms with van der Waals surface area (Å²) in [4.78, 5) is 30.3. The van der Waals surface area contributed by atoms with E-state index in [4.69, 9.17) is 49.4 Å². The molecule has 174 valence electrons. The molecule has 6 nitrogen and oxygen atoms in total. The predicted molar refractivity (Wildman–Crippen MR) is 135 cm³/mol. The lowest BCUT2D eigenvalue weighted by Crippen LogP contribution is -2.40. The Bertz CT molecular complexity index is 1320. The van der Waals surface area contributed by atoms with Gasteiger partial charge in [0, 0.05) is 40.4 Å². The number of ether oxygens (including phenoxy) is 1. The lowest BCUT2D eigenvalue weighted by atomic mass is 9.62. The molecule has 0 atom stereocenters. The largest absolute Gasteiger partial charge is 0.503 e. The third-order valence-electron chi connectivity index (χ3n) is 5.70. The van der Waals surface area contributed by atoms with Gasteiger partial charge in [0.05, 0.1) is 10.6 Å². The first-order valence-electron chi connectivity index (χ1n) is 10.6. The van der Waals surface area contributed by atoms with Gasteiger partial charge in [-0.15, -0.1) is 0 Å². The highest BCUT2D eigenvalue weighted by Crippen LogP contribution is 2.42. The van der Waals surface area contributed by atoms with Gasteiger partial charge in [0.15, 0.2) is 11.6 Å². The van der Waals surface area contributed by atoms with Crippen LogP contribution in [0.1, 0.15) is 33.6 Å². The third-order valence-corrected chi connectivity index (χ3v) is 6.34. The van der Waals surface area contributed by atoms with Crippen molar-refractivity contribution in [2.45, 2.75) is 18.2 Å². The number of nitrogens with two attached hydrogens (primary N) is 1. The molecule has 0 aliphatic heterocycles. The van der Waals surface area contributed by atoms with Crippen molar-refractivity contribution in [3.8, 4) is 16.9 Å². The summed E-state index contributed by atoms with van der Waals surface area (Å²) >= 11 is 12.4. The van der Waals surface area contributed by atoms with Crippen molar-refractivity contribution in [2.24, 2.45) is 11.7 Å². The van der Waals surface area contributed by atoms with Crippen molar-refractivity contribution in [3.63, 3.8) is 0 Å². The summed E-state index contributed by atoms with van der Waals surface area (Å²) in [6.45, 7) is 0. The van der Waals surface area contributed by atoms with Gasteiger partial charge in [-0.1, -0.05) is 29.3 Å². The van der Waals surface area contributed by atoms with Gasteiger partial charge < -0.3 is 10.5 Å². The van der Waals surface area contributed by atoms with Crippen LogP contribution in [0.2, 0.25) is 10.0 Å². The van der Waals surface area contributed by atoms with Crippen LogP contribution in [-0.2, 0) is 0 Å². The molecule has 35 heavy (non-hydrogen) atoms. The minimum atomic E-state index is -1.53. The van der Waals surface area contributed by atoms with E-state index in [9.17, 15) is 14.0 Å². The lowest BCUT2D eigenvalue weighted by molar-refractivity contribution is 0.0983. The summed E-state index contributed by atoms with van der Waals surface area (Å²) in [5.41, 5.74) is 6.22. The Morgan fingerprint density at radius 3 is 2.51 bits per heavy atom. The highest BCUT2D eigenvalue weighted by Gasteiger charge is 2.39. The van der Waals surface area contributed by atoms with E-state index in [0.717, 1.165) is 23.8 Å². The summed E-state index contributed by atoms with van der Waals surface area (Å²) in [5, 5.41) is -1.26. The van der Waals surface area contributed by atoms with E-state index < -0.39 is 23.0 Å². The zero-order valence-corrected chi connectivity index (χ0v) is 20.1. The second kappa shape index (κ2) is 9.55. The van der Waals surface area contributed by atoms with E-state index in [1.54, 1.807) is 0 Å². The zero-order chi connectivity index (χ0) is 25.5. The number of anilines is 1. The molecule has 1 saturated carbocycles. The van der Waals surface area contributed by atoms with Crippen molar-refractivity contribution < 1.29 is 18.7 Å². The van der Waals surface area contributed by atoms with Crippen molar-refractivity contribution >= 4 is 56.5 Å². The first kappa shape index (κ1) is 25.1. The van der Waals surface area contributed by atoms with Crippen LogP contribution in [0.4, 0.5) is 10.2 Å². The van der Waals surface area contributed by atoms with Crippen LogP contribution in [0.15, 0.2) is 48.7 Å². The van der Waals surface area contributed by atoms with Crippen LogP contribution in [0.25, 0.3) is 11.1 Å². The fraction of sp³-hybridized carbons (Fsp3) is 0.208. The van der Waals surface area contributed by atoms with Crippen molar-refractivity contribution in [1.29, 1.82) is 0 Å². The Labute approximate surface area is 214 Å². The predicted octanol–water partition coefficient (Wildman–Crippen LogP) is 4.35. The fourth-order valence-corrected chi connectivity index (χ4v) is 4.06. The molecule has 0 bridgehead atoms. The number of hydrogen-bond acceptors (Lipinski definition) is 4. The highest BCUT2D eigenvalue weighted by atomic mass is 35.5. The van der Waals surface area contributed by atoms with Crippen molar-refractivity contribution in [1.82, 2.24) is 4.98 Å². The Kier molecular flexibility index (Phi) is 6.84. The fourth-order valence-electron chi connectivity index (χ4n) is 3.59. The number of nitrogens with zero attached hydrogens (tertiary/aromatic N) is 2. The Hall–Kier alpha value is -3.03. The zero-order valence-electron chi connectivity index (χ0n) is 18.6. The van der Waals surface area contributed by atoms with E-state index in [1.165, 1.54) is 49.6 Å². The molecule has 1 fully saturated rings. The molecule has 1 heterocycles. The summed E-state index contributed by atoms with van der Waals surface area (Å²) in [7, 11) is 13.8. The summed E-state index contributed by atoms with van der Waals surface area (Å²) in [6.07, 6.45) is 2.98. The van der Waals surface area contributed by atoms with Crippen LogP contribution in [-0.4, -0.2) is 44.9 Å². The maximum absolute atomic E-state index is 14.4. The van der Waals surface area contributed by atoms with Crippen LogP contribution in [0.3, 0.4) is 0 Å². The van der Waals surface area contributed by atoms with Gasteiger partial charge in [0.25, 0.3) is 5.91 Å². The lowest BCUT2D eigenvalue weighted by Gasteiger charge is -2.30. The summed E-state index contributed by atoms with van der Waals surface area (Å²) in [6, 6.07) is 10.0. The number of pyridine rings is 1. The minimum Gasteiger partial charge on any atom is -0.503 e. The third kappa shape index (κ3) is 5.16. The molecular weight excluding hydrogens is 490 g/mol. The van der Waals surface area contributed by atoms with E-state index in [1.807, 2.05) is 0 Å². The van der Waals surface area contributed by atoms with E-state index in [2.05, 4.69) is 4.98 Å². The second-order valence-corrected chi connectivity index (χ2v) is 9.11. The van der Waals surface area contributed by atoms with Gasteiger partial charge in [-0.25, -0.2) is 9.37 Å². The van der Waals surface area contributed by atoms with Gasteiger partial charge >= 0.3 is 0 Å². The van der Waals surface area contributed by atoms with Crippen LogP contribution in [0, 0.1) is 11.7 Å². The molecule has 3 aromatic rings. The minimum absolute atomic E-state index is 0.0289. The van der Waals surface area contributed by atoms with Gasteiger partial charge in [-0.3, -0.25) is 14.5 Å². The molecule has 0 saturated heterocycles. The number of carbonyl (C=O) groups excluding carboxylic acids is 2. The molecule has 2 amide bonds. The SMILES string of the molecule is [B]C([B])(Oc1cc(-c2cc(C(N)=O)ccc2Cl)cnc1N(C)C(=O)c1c(F)cccc1Cl)C1CC1. The van der Waals surface area contributed by atoms with E-state index >= 15 is 0 Å². The Morgan fingerprint density at radius 2 is 1.89 bits per heavy atom. The number of carbonyl (C=O) groups is 2. The molecule has 0 unspecified atom stereocenters. The van der Waals surface area contributed by atoms with Crippen molar-refractivity contribution in [2.75, 3.05) is 11.9 Å². The molecule has 4 radical (unpaired) electrons. The molecule has 2 aromatic carbocycles. The maximum atomic E-state index is 14.4. The molecule has 11 heteroatoms. The number of aromatic nitrogens is 1. The standard InChI is InChI=1S/C24H18B2Cl2FN3O3/c1-32(23(34)20-17(28)3-2-4-18(20)29)22-19(35-24(25,26)14-6-7-14)10-13(11-31-22)15-9-12(21(30)33)5-8-16(15)27/h2-5,8-11,14H,6-7H2,1H3,(H2,30,33). The molecule has 1 aromatic heterocycles. The Balaban J connectivity index is 1.81. The second-order valence-electron chi connectivity index (χ2n) is 8.30. The topological polar surface area (TPSA) is 85.5 Å². The average Bonchev–Trinajstić information content (AvgIpc) is 3.64. The molecular formula is C24H18B2Cl2FN3O3. The maximum Gasteiger partial charge on any atom is 0.263 e.